The minimum absolute atomic E-state index is 0.00175. The van der Waals surface area contributed by atoms with E-state index in [2.05, 4.69) is 25.6 Å². The van der Waals surface area contributed by atoms with Gasteiger partial charge in [-0.2, -0.15) is 0 Å². The van der Waals surface area contributed by atoms with Crippen molar-refractivity contribution >= 4 is 31.6 Å². The quantitative estimate of drug-likeness (QED) is 0.918. The van der Waals surface area contributed by atoms with E-state index in [1.165, 1.54) is 6.20 Å². The summed E-state index contributed by atoms with van der Waals surface area (Å²) < 4.78 is 32.2. The van der Waals surface area contributed by atoms with Gasteiger partial charge >= 0.3 is 0 Å². The number of ether oxygens (including phenoxy) is 1. The smallest absolute Gasteiger partial charge is 0.235 e. The predicted octanol–water partition coefficient (Wildman–Crippen LogP) is 1.76. The van der Waals surface area contributed by atoms with Gasteiger partial charge in [0, 0.05) is 19.0 Å². The highest BCUT2D eigenvalue weighted by atomic mass is 79.9. The highest BCUT2D eigenvalue weighted by molar-refractivity contribution is 9.10. The van der Waals surface area contributed by atoms with Gasteiger partial charge in [0.2, 0.25) is 10.0 Å². The fraction of sp³-hybridized carbons (Fsp3) is 0.500. The number of hydrogen-bond acceptors (Lipinski definition) is 4. The molecule has 1 aromatic heterocycles. The van der Waals surface area contributed by atoms with Gasteiger partial charge in [0.05, 0.1) is 22.0 Å². The second kappa shape index (κ2) is 5.32. The summed E-state index contributed by atoms with van der Waals surface area (Å²) in [5.41, 5.74) is 0.498. The molecule has 7 heteroatoms. The van der Waals surface area contributed by atoms with Crippen molar-refractivity contribution in [1.82, 2.24) is 4.98 Å². The first-order chi connectivity index (χ1) is 8.07. The van der Waals surface area contributed by atoms with E-state index < -0.39 is 10.0 Å². The van der Waals surface area contributed by atoms with Crippen LogP contribution in [0.25, 0.3) is 0 Å². The fourth-order valence-corrected chi connectivity index (χ4v) is 3.52. The van der Waals surface area contributed by atoms with Crippen LogP contribution in [0.3, 0.4) is 0 Å². The molecular formula is C10H13BrN2O3S. The van der Waals surface area contributed by atoms with E-state index >= 15 is 0 Å². The normalized spacial score (nSPS) is 20.4. The van der Waals surface area contributed by atoms with Crippen LogP contribution >= 0.6 is 15.9 Å². The molecule has 0 radical (unpaired) electrons. The number of rotatable bonds is 4. The average Bonchev–Trinajstić information content (AvgIpc) is 2.73. The van der Waals surface area contributed by atoms with E-state index in [0.29, 0.717) is 16.8 Å². The molecule has 2 heterocycles. The third-order valence-electron chi connectivity index (χ3n) is 2.47. The van der Waals surface area contributed by atoms with Crippen molar-refractivity contribution in [3.63, 3.8) is 0 Å². The van der Waals surface area contributed by atoms with Gasteiger partial charge in [-0.1, -0.05) is 0 Å². The molecule has 1 unspecified atom stereocenters. The molecule has 1 aliphatic heterocycles. The first-order valence-corrected chi connectivity index (χ1v) is 7.73. The summed E-state index contributed by atoms with van der Waals surface area (Å²) in [5, 5.41) is 0. The maximum atomic E-state index is 11.9. The molecule has 0 aromatic carbocycles. The maximum absolute atomic E-state index is 11.9. The molecule has 0 saturated carbocycles. The zero-order valence-corrected chi connectivity index (χ0v) is 11.5. The van der Waals surface area contributed by atoms with E-state index in [1.807, 2.05) is 0 Å². The van der Waals surface area contributed by atoms with Gasteiger partial charge in [0.25, 0.3) is 0 Å². The van der Waals surface area contributed by atoms with Crippen LogP contribution in [0, 0.1) is 0 Å². The summed E-state index contributed by atoms with van der Waals surface area (Å²) in [5.74, 6) is 0.00175. The maximum Gasteiger partial charge on any atom is 0.235 e. The number of hydrogen-bond donors (Lipinski definition) is 1. The molecule has 2 rings (SSSR count). The highest BCUT2D eigenvalue weighted by Crippen LogP contribution is 2.22. The number of anilines is 1. The molecular weight excluding hydrogens is 308 g/mol. The van der Waals surface area contributed by atoms with Gasteiger partial charge in [0.15, 0.2) is 0 Å². The van der Waals surface area contributed by atoms with Gasteiger partial charge in [-0.3, -0.25) is 9.71 Å². The van der Waals surface area contributed by atoms with Crippen LogP contribution in [0.4, 0.5) is 5.69 Å². The molecule has 1 N–H and O–H groups in total. The lowest BCUT2D eigenvalue weighted by Gasteiger charge is -2.12. The molecule has 0 aliphatic carbocycles. The Kier molecular flexibility index (Phi) is 4.01. The van der Waals surface area contributed by atoms with E-state index in [1.54, 1.807) is 12.3 Å². The standard InChI is InChI=1S/C10H13BrN2O3S/c11-9-6-12-4-3-10(9)13-17(14,15)7-8-2-1-5-16-8/h3-4,6,8H,1-2,5,7H2,(H,12,13). The van der Waals surface area contributed by atoms with Gasteiger partial charge in [-0.25, -0.2) is 8.42 Å². The second-order valence-electron chi connectivity index (χ2n) is 3.87. The molecule has 1 aromatic rings. The van der Waals surface area contributed by atoms with Crippen LogP contribution in [0.5, 0.6) is 0 Å². The summed E-state index contributed by atoms with van der Waals surface area (Å²) in [6.07, 6.45) is 4.63. The third-order valence-corrected chi connectivity index (χ3v) is 4.44. The first kappa shape index (κ1) is 12.8. The second-order valence-corrected chi connectivity index (χ2v) is 6.50. The largest absolute Gasteiger partial charge is 0.377 e. The van der Waals surface area contributed by atoms with E-state index in [9.17, 15) is 8.42 Å². The molecule has 1 fully saturated rings. The number of nitrogens with zero attached hydrogens (tertiary/aromatic N) is 1. The number of halogens is 1. The minimum atomic E-state index is -3.37. The number of sulfonamides is 1. The van der Waals surface area contributed by atoms with Crippen molar-refractivity contribution in [2.24, 2.45) is 0 Å². The minimum Gasteiger partial charge on any atom is -0.377 e. The van der Waals surface area contributed by atoms with Crippen molar-refractivity contribution in [3.05, 3.63) is 22.9 Å². The zero-order valence-electron chi connectivity index (χ0n) is 9.10. The third kappa shape index (κ3) is 3.65. The summed E-state index contributed by atoms with van der Waals surface area (Å²) in [6.45, 7) is 0.652. The molecule has 0 bridgehead atoms. The van der Waals surface area contributed by atoms with Crippen LogP contribution < -0.4 is 4.72 Å². The van der Waals surface area contributed by atoms with Crippen LogP contribution in [0.15, 0.2) is 22.9 Å². The Balaban J connectivity index is 2.04. The Hall–Kier alpha value is -0.660. The zero-order chi connectivity index (χ0) is 12.3. The van der Waals surface area contributed by atoms with Crippen molar-refractivity contribution in [3.8, 4) is 0 Å². The first-order valence-electron chi connectivity index (χ1n) is 5.28. The summed E-state index contributed by atoms with van der Waals surface area (Å²) in [4.78, 5) is 3.87. The van der Waals surface area contributed by atoms with Gasteiger partial charge < -0.3 is 4.74 Å². The van der Waals surface area contributed by atoms with Crippen molar-refractivity contribution < 1.29 is 13.2 Å². The van der Waals surface area contributed by atoms with Gasteiger partial charge in [0.1, 0.15) is 0 Å². The Labute approximate surface area is 109 Å². The SMILES string of the molecule is O=S(=O)(CC1CCCO1)Nc1ccncc1Br. The van der Waals surface area contributed by atoms with Crippen LogP contribution in [-0.4, -0.2) is 31.9 Å². The van der Waals surface area contributed by atoms with Crippen molar-refractivity contribution in [2.45, 2.75) is 18.9 Å². The van der Waals surface area contributed by atoms with Crippen molar-refractivity contribution in [1.29, 1.82) is 0 Å². The average molecular weight is 321 g/mol. The fourth-order valence-electron chi connectivity index (χ4n) is 1.69. The topological polar surface area (TPSA) is 68.3 Å². The van der Waals surface area contributed by atoms with E-state index in [0.717, 1.165) is 12.8 Å². The molecule has 1 aliphatic rings. The highest BCUT2D eigenvalue weighted by Gasteiger charge is 2.23. The van der Waals surface area contributed by atoms with E-state index in [-0.39, 0.29) is 11.9 Å². The Morgan fingerprint density at radius 1 is 1.59 bits per heavy atom. The van der Waals surface area contributed by atoms with Crippen molar-refractivity contribution in [2.75, 3.05) is 17.1 Å². The van der Waals surface area contributed by atoms with Crippen LogP contribution in [0.1, 0.15) is 12.8 Å². The lowest BCUT2D eigenvalue weighted by atomic mass is 10.3. The summed E-state index contributed by atoms with van der Waals surface area (Å²) >= 11 is 3.24. The molecule has 5 nitrogen and oxygen atoms in total. The van der Waals surface area contributed by atoms with Crippen LogP contribution in [0.2, 0.25) is 0 Å². The molecule has 1 atom stereocenters. The van der Waals surface area contributed by atoms with Gasteiger partial charge in [-0.05, 0) is 34.8 Å². The monoisotopic (exact) mass is 320 g/mol. The van der Waals surface area contributed by atoms with Gasteiger partial charge in [-0.15, -0.1) is 0 Å². The lowest BCUT2D eigenvalue weighted by molar-refractivity contribution is 0.127. The molecule has 0 amide bonds. The number of aromatic nitrogens is 1. The lowest BCUT2D eigenvalue weighted by Crippen LogP contribution is -2.25. The molecule has 1 saturated heterocycles. The Bertz CT molecular complexity index is 486. The Morgan fingerprint density at radius 2 is 2.41 bits per heavy atom. The molecule has 94 valence electrons. The summed E-state index contributed by atoms with van der Waals surface area (Å²) in [6, 6.07) is 1.61. The number of nitrogens with one attached hydrogen (secondary N) is 1. The predicted molar refractivity (Wildman–Crippen MR) is 68.3 cm³/mol. The van der Waals surface area contributed by atoms with E-state index in [4.69, 9.17) is 4.74 Å². The Morgan fingerprint density at radius 3 is 3.06 bits per heavy atom. The van der Waals surface area contributed by atoms with Crippen LogP contribution in [-0.2, 0) is 14.8 Å². The summed E-state index contributed by atoms with van der Waals surface area (Å²) in [7, 11) is -3.37. The molecule has 17 heavy (non-hydrogen) atoms. The molecule has 0 spiro atoms. The number of pyridine rings is 1.